The lowest BCUT2D eigenvalue weighted by atomic mass is 9.91. The molecule has 1 N–H and O–H groups in total. The predicted molar refractivity (Wildman–Crippen MR) is 67.2 cm³/mol. The average Bonchev–Trinajstić information content (AvgIpc) is 2.98. The van der Waals surface area contributed by atoms with Crippen molar-refractivity contribution in [3.05, 3.63) is 23.3 Å². The third-order valence-electron chi connectivity index (χ3n) is 4.56. The topological polar surface area (TPSA) is 38.7 Å². The number of ether oxygens (including phenoxy) is 2. The van der Waals surface area contributed by atoms with Gasteiger partial charge in [-0.1, -0.05) is 6.07 Å². The molecule has 1 aromatic carbocycles. The maximum atomic E-state index is 9.37. The average molecular weight is 246 g/mol. The molecule has 2 fully saturated rings. The van der Waals surface area contributed by atoms with Crippen molar-refractivity contribution in [1.82, 2.24) is 0 Å². The molecule has 18 heavy (non-hydrogen) atoms. The molecule has 3 heteroatoms. The van der Waals surface area contributed by atoms with Crippen molar-refractivity contribution >= 4 is 0 Å². The Morgan fingerprint density at radius 3 is 2.78 bits per heavy atom. The van der Waals surface area contributed by atoms with Gasteiger partial charge < -0.3 is 14.6 Å². The first-order valence-electron chi connectivity index (χ1n) is 6.80. The summed E-state index contributed by atoms with van der Waals surface area (Å²) in [6.07, 6.45) is 3.97. The van der Waals surface area contributed by atoms with Crippen molar-refractivity contribution in [1.29, 1.82) is 0 Å². The van der Waals surface area contributed by atoms with E-state index in [2.05, 4.69) is 19.1 Å². The number of hydrogen-bond acceptors (Lipinski definition) is 3. The molecule has 0 radical (unpaired) electrons. The largest absolute Gasteiger partial charge is 0.492 e. The van der Waals surface area contributed by atoms with Crippen LogP contribution in [-0.4, -0.2) is 23.9 Å². The van der Waals surface area contributed by atoms with Gasteiger partial charge in [-0.15, -0.1) is 0 Å². The molecule has 1 spiro atoms. The van der Waals surface area contributed by atoms with Crippen molar-refractivity contribution in [3.63, 3.8) is 0 Å². The van der Waals surface area contributed by atoms with Crippen LogP contribution in [-0.2, 0) is 5.41 Å². The summed E-state index contributed by atoms with van der Waals surface area (Å²) in [6, 6.07) is 4.14. The molecule has 96 valence electrons. The summed E-state index contributed by atoms with van der Waals surface area (Å²) < 4.78 is 11.9. The molecule has 4 rings (SSSR count). The Balaban J connectivity index is 1.71. The second kappa shape index (κ2) is 3.41. The van der Waals surface area contributed by atoms with E-state index in [0.29, 0.717) is 0 Å². The molecule has 1 aliphatic heterocycles. The second-order valence-corrected chi connectivity index (χ2v) is 6.02. The number of fused-ring (bicyclic) bond motifs is 2. The van der Waals surface area contributed by atoms with E-state index in [1.165, 1.54) is 24.0 Å². The molecule has 1 aromatic rings. The third-order valence-corrected chi connectivity index (χ3v) is 4.56. The van der Waals surface area contributed by atoms with Crippen LogP contribution in [0.3, 0.4) is 0 Å². The minimum atomic E-state index is -0.168. The van der Waals surface area contributed by atoms with Crippen molar-refractivity contribution in [3.8, 4) is 11.5 Å². The van der Waals surface area contributed by atoms with Crippen LogP contribution in [0.2, 0.25) is 0 Å². The smallest absolute Gasteiger partial charge is 0.130 e. The first kappa shape index (κ1) is 10.7. The van der Waals surface area contributed by atoms with Crippen molar-refractivity contribution in [2.45, 2.75) is 50.2 Å². The third kappa shape index (κ3) is 1.40. The molecule has 1 heterocycles. The first-order valence-corrected chi connectivity index (χ1v) is 6.80. The summed E-state index contributed by atoms with van der Waals surface area (Å²) in [5.41, 5.74) is 2.73. The van der Waals surface area contributed by atoms with E-state index in [9.17, 15) is 5.11 Å². The summed E-state index contributed by atoms with van der Waals surface area (Å²) in [4.78, 5) is 0. The monoisotopic (exact) mass is 246 g/mol. The fourth-order valence-corrected chi connectivity index (χ4v) is 3.08. The zero-order valence-electron chi connectivity index (χ0n) is 10.6. The van der Waals surface area contributed by atoms with Crippen molar-refractivity contribution in [2.24, 2.45) is 0 Å². The zero-order valence-corrected chi connectivity index (χ0v) is 10.6. The standard InChI is InChI=1S/C15H18O3/c1-9-2-3-12-13(15(4-5-15)8-17-12)14(9)18-11-6-10(16)7-11/h2-3,10-11,16H,4-8H2,1H3/t10-,11+. The van der Waals surface area contributed by atoms with Crippen molar-refractivity contribution < 1.29 is 14.6 Å². The summed E-state index contributed by atoms with van der Waals surface area (Å²) in [6.45, 7) is 2.91. The fraction of sp³-hybridized carbons (Fsp3) is 0.600. The number of benzene rings is 1. The van der Waals surface area contributed by atoms with Crippen LogP contribution in [0.4, 0.5) is 0 Å². The molecule has 0 aromatic heterocycles. The Hall–Kier alpha value is -1.22. The van der Waals surface area contributed by atoms with E-state index in [-0.39, 0.29) is 17.6 Å². The van der Waals surface area contributed by atoms with Gasteiger partial charge in [-0.3, -0.25) is 0 Å². The highest BCUT2D eigenvalue weighted by Crippen LogP contribution is 2.59. The van der Waals surface area contributed by atoms with Gasteiger partial charge in [-0.2, -0.15) is 0 Å². The minimum absolute atomic E-state index is 0.168. The Morgan fingerprint density at radius 2 is 2.11 bits per heavy atom. The SMILES string of the molecule is Cc1ccc2c(c1O[C@H]1C[C@@H](O)C1)C1(CC1)CO2. The quantitative estimate of drug-likeness (QED) is 0.870. The summed E-state index contributed by atoms with van der Waals surface area (Å²) in [5.74, 6) is 2.03. The molecule has 3 nitrogen and oxygen atoms in total. The fourth-order valence-electron chi connectivity index (χ4n) is 3.08. The van der Waals surface area contributed by atoms with Crippen LogP contribution >= 0.6 is 0 Å². The van der Waals surface area contributed by atoms with E-state index >= 15 is 0 Å². The summed E-state index contributed by atoms with van der Waals surface area (Å²) in [5, 5.41) is 9.37. The Labute approximate surface area is 107 Å². The predicted octanol–water partition coefficient (Wildman–Crippen LogP) is 2.32. The van der Waals surface area contributed by atoms with E-state index < -0.39 is 0 Å². The van der Waals surface area contributed by atoms with E-state index in [0.717, 1.165) is 30.9 Å². The van der Waals surface area contributed by atoms with Gasteiger partial charge in [0.15, 0.2) is 0 Å². The van der Waals surface area contributed by atoms with E-state index in [1.54, 1.807) is 0 Å². The first-order chi connectivity index (χ1) is 8.68. The summed E-state index contributed by atoms with van der Waals surface area (Å²) in [7, 11) is 0. The molecule has 0 amide bonds. The van der Waals surface area contributed by atoms with Crippen LogP contribution < -0.4 is 9.47 Å². The number of aryl methyl sites for hydroxylation is 1. The highest BCUT2D eigenvalue weighted by atomic mass is 16.5. The maximum absolute atomic E-state index is 9.37. The van der Waals surface area contributed by atoms with Gasteiger partial charge in [0, 0.05) is 23.8 Å². The van der Waals surface area contributed by atoms with Gasteiger partial charge in [0.1, 0.15) is 17.6 Å². The lowest BCUT2D eigenvalue weighted by Crippen LogP contribution is -2.38. The van der Waals surface area contributed by atoms with Gasteiger partial charge in [-0.25, -0.2) is 0 Å². The molecule has 2 saturated carbocycles. The Bertz CT molecular complexity index is 499. The number of aliphatic hydroxyl groups is 1. The lowest BCUT2D eigenvalue weighted by Gasteiger charge is -2.33. The van der Waals surface area contributed by atoms with Gasteiger partial charge in [0.05, 0.1) is 12.7 Å². The lowest BCUT2D eigenvalue weighted by molar-refractivity contribution is -0.0116. The molecule has 0 bridgehead atoms. The Morgan fingerprint density at radius 1 is 1.33 bits per heavy atom. The van der Waals surface area contributed by atoms with Crippen LogP contribution in [0.15, 0.2) is 12.1 Å². The number of rotatable bonds is 2. The molecule has 0 unspecified atom stereocenters. The van der Waals surface area contributed by atoms with Crippen LogP contribution in [0.25, 0.3) is 0 Å². The molecule has 2 aliphatic carbocycles. The highest BCUT2D eigenvalue weighted by molar-refractivity contribution is 5.58. The normalized spacial score (nSPS) is 30.6. The molecular formula is C15H18O3. The Kier molecular flexibility index (Phi) is 2.03. The number of aliphatic hydroxyl groups excluding tert-OH is 1. The maximum Gasteiger partial charge on any atom is 0.130 e. The highest BCUT2D eigenvalue weighted by Gasteiger charge is 2.53. The van der Waals surface area contributed by atoms with E-state index in [4.69, 9.17) is 9.47 Å². The number of hydrogen-bond donors (Lipinski definition) is 1. The summed E-state index contributed by atoms with van der Waals surface area (Å²) >= 11 is 0. The van der Waals surface area contributed by atoms with Gasteiger partial charge in [0.25, 0.3) is 0 Å². The molecular weight excluding hydrogens is 228 g/mol. The van der Waals surface area contributed by atoms with Gasteiger partial charge in [-0.05, 0) is 31.4 Å². The van der Waals surface area contributed by atoms with Crippen molar-refractivity contribution in [2.75, 3.05) is 6.61 Å². The molecule has 3 aliphatic rings. The van der Waals surface area contributed by atoms with Crippen LogP contribution in [0.5, 0.6) is 11.5 Å². The van der Waals surface area contributed by atoms with Crippen LogP contribution in [0, 0.1) is 6.92 Å². The zero-order chi connectivity index (χ0) is 12.3. The van der Waals surface area contributed by atoms with Crippen LogP contribution in [0.1, 0.15) is 36.8 Å². The van der Waals surface area contributed by atoms with Gasteiger partial charge in [0.2, 0.25) is 0 Å². The second-order valence-electron chi connectivity index (χ2n) is 6.02. The van der Waals surface area contributed by atoms with Gasteiger partial charge >= 0.3 is 0 Å². The molecule has 0 atom stereocenters. The molecule has 0 saturated heterocycles. The van der Waals surface area contributed by atoms with E-state index in [1.807, 2.05) is 0 Å². The minimum Gasteiger partial charge on any atom is -0.492 e.